The molecule has 14 heavy (non-hydrogen) atoms. The lowest BCUT2D eigenvalue weighted by Crippen LogP contribution is -2.22. The highest BCUT2D eigenvalue weighted by molar-refractivity contribution is 5.80. The summed E-state index contributed by atoms with van der Waals surface area (Å²) in [4.78, 5) is 3.11. The lowest BCUT2D eigenvalue weighted by molar-refractivity contribution is 0.164. The van der Waals surface area contributed by atoms with E-state index in [0.717, 1.165) is 16.5 Å². The zero-order valence-electron chi connectivity index (χ0n) is 8.07. The van der Waals surface area contributed by atoms with Crippen LogP contribution in [0.15, 0.2) is 30.5 Å². The van der Waals surface area contributed by atoms with Gasteiger partial charge in [-0.15, -0.1) is 0 Å². The second-order valence-electron chi connectivity index (χ2n) is 3.59. The van der Waals surface area contributed by atoms with Crippen molar-refractivity contribution in [2.75, 3.05) is 0 Å². The summed E-state index contributed by atoms with van der Waals surface area (Å²) in [6.07, 6.45) is 1.37. The first-order valence-corrected chi connectivity index (χ1v) is 4.69. The van der Waals surface area contributed by atoms with Gasteiger partial charge in [0.05, 0.1) is 12.1 Å². The summed E-state index contributed by atoms with van der Waals surface area (Å²) in [7, 11) is 0. The summed E-state index contributed by atoms with van der Waals surface area (Å²) in [5, 5.41) is 10.5. The number of hydrogen-bond acceptors (Lipinski definition) is 2. The summed E-state index contributed by atoms with van der Waals surface area (Å²) in [6, 6.07) is 7.61. The maximum atomic E-state index is 9.36. The van der Waals surface area contributed by atoms with Gasteiger partial charge in [-0.2, -0.15) is 0 Å². The number of H-pyrrole nitrogens is 1. The zero-order chi connectivity index (χ0) is 10.1. The third kappa shape index (κ3) is 1.52. The smallest absolute Gasteiger partial charge is 0.0704 e. The second-order valence-corrected chi connectivity index (χ2v) is 3.59. The Morgan fingerprint density at radius 2 is 2.14 bits per heavy atom. The normalized spacial score (nSPS) is 15.6. The molecular formula is C11H14N2O. The standard InChI is InChI=1S/C11H14N2O/c1-7(14)11(12)9-2-3-10-8(6-9)4-5-13-10/h2-7,11,13-14H,12H2,1H3/t7-,11+/m1/s1. The van der Waals surface area contributed by atoms with Crippen molar-refractivity contribution in [2.45, 2.75) is 19.1 Å². The third-order valence-electron chi connectivity index (χ3n) is 2.48. The Balaban J connectivity index is 2.43. The molecule has 1 aromatic carbocycles. The Morgan fingerprint density at radius 1 is 1.36 bits per heavy atom. The quantitative estimate of drug-likeness (QED) is 0.672. The Kier molecular flexibility index (Phi) is 2.27. The Morgan fingerprint density at radius 3 is 2.86 bits per heavy atom. The Hall–Kier alpha value is -1.32. The maximum Gasteiger partial charge on any atom is 0.0704 e. The average molecular weight is 190 g/mol. The number of aliphatic hydroxyl groups is 1. The van der Waals surface area contributed by atoms with Crippen molar-refractivity contribution in [3.05, 3.63) is 36.0 Å². The first-order chi connectivity index (χ1) is 6.68. The van der Waals surface area contributed by atoms with E-state index in [-0.39, 0.29) is 6.04 Å². The van der Waals surface area contributed by atoms with Crippen LogP contribution < -0.4 is 5.73 Å². The van der Waals surface area contributed by atoms with Crippen LogP contribution in [0.1, 0.15) is 18.5 Å². The van der Waals surface area contributed by atoms with E-state index in [9.17, 15) is 5.11 Å². The molecule has 0 bridgehead atoms. The summed E-state index contributed by atoms with van der Waals surface area (Å²) >= 11 is 0. The molecule has 0 amide bonds. The highest BCUT2D eigenvalue weighted by Gasteiger charge is 2.11. The molecule has 0 unspecified atom stereocenters. The van der Waals surface area contributed by atoms with Crippen LogP contribution in [0.4, 0.5) is 0 Å². The van der Waals surface area contributed by atoms with Crippen molar-refractivity contribution in [3.8, 4) is 0 Å². The van der Waals surface area contributed by atoms with Gasteiger partial charge < -0.3 is 15.8 Å². The fourth-order valence-corrected chi connectivity index (χ4v) is 1.56. The minimum Gasteiger partial charge on any atom is -0.391 e. The fraction of sp³-hybridized carbons (Fsp3) is 0.273. The number of hydrogen-bond donors (Lipinski definition) is 3. The monoisotopic (exact) mass is 190 g/mol. The van der Waals surface area contributed by atoms with Crippen LogP contribution in [0.5, 0.6) is 0 Å². The molecular weight excluding hydrogens is 176 g/mol. The average Bonchev–Trinajstić information content (AvgIpc) is 2.62. The molecule has 2 atom stereocenters. The molecule has 4 N–H and O–H groups in total. The van der Waals surface area contributed by atoms with Gasteiger partial charge in [0, 0.05) is 11.7 Å². The lowest BCUT2D eigenvalue weighted by Gasteiger charge is -2.14. The number of rotatable bonds is 2. The molecule has 74 valence electrons. The van der Waals surface area contributed by atoms with Crippen LogP contribution in [0.25, 0.3) is 10.9 Å². The van der Waals surface area contributed by atoms with Gasteiger partial charge in [0.1, 0.15) is 0 Å². The van der Waals surface area contributed by atoms with Crippen LogP contribution in [0.2, 0.25) is 0 Å². The predicted octanol–water partition coefficient (Wildman–Crippen LogP) is 1.55. The van der Waals surface area contributed by atoms with Crippen molar-refractivity contribution < 1.29 is 5.11 Å². The van der Waals surface area contributed by atoms with E-state index in [1.807, 2.05) is 30.5 Å². The summed E-state index contributed by atoms with van der Waals surface area (Å²) in [6.45, 7) is 1.70. The first-order valence-electron chi connectivity index (χ1n) is 4.69. The highest BCUT2D eigenvalue weighted by atomic mass is 16.3. The van der Waals surface area contributed by atoms with Crippen LogP contribution in [0, 0.1) is 0 Å². The Bertz CT molecular complexity index is 434. The molecule has 2 rings (SSSR count). The number of nitrogens with one attached hydrogen (secondary N) is 1. The van der Waals surface area contributed by atoms with Gasteiger partial charge in [-0.05, 0) is 36.1 Å². The SMILES string of the molecule is C[C@@H](O)[C@H](N)c1ccc2[nH]ccc2c1. The molecule has 1 aromatic heterocycles. The van der Waals surface area contributed by atoms with Crippen LogP contribution >= 0.6 is 0 Å². The van der Waals surface area contributed by atoms with E-state index in [2.05, 4.69) is 4.98 Å². The highest BCUT2D eigenvalue weighted by Crippen LogP contribution is 2.20. The molecule has 0 aliphatic carbocycles. The molecule has 0 spiro atoms. The van der Waals surface area contributed by atoms with E-state index in [0.29, 0.717) is 0 Å². The lowest BCUT2D eigenvalue weighted by atomic mass is 10.0. The third-order valence-corrected chi connectivity index (χ3v) is 2.48. The van der Waals surface area contributed by atoms with Crippen molar-refractivity contribution in [3.63, 3.8) is 0 Å². The van der Waals surface area contributed by atoms with Crippen LogP contribution in [-0.4, -0.2) is 16.2 Å². The maximum absolute atomic E-state index is 9.36. The first kappa shape index (κ1) is 9.24. The zero-order valence-corrected chi connectivity index (χ0v) is 8.07. The fourth-order valence-electron chi connectivity index (χ4n) is 1.56. The number of aromatic amines is 1. The van der Waals surface area contributed by atoms with E-state index >= 15 is 0 Å². The van der Waals surface area contributed by atoms with Crippen molar-refractivity contribution in [1.82, 2.24) is 4.98 Å². The molecule has 1 heterocycles. The molecule has 0 saturated heterocycles. The topological polar surface area (TPSA) is 62.0 Å². The van der Waals surface area contributed by atoms with Gasteiger partial charge >= 0.3 is 0 Å². The van der Waals surface area contributed by atoms with Crippen LogP contribution in [0.3, 0.4) is 0 Å². The van der Waals surface area contributed by atoms with E-state index in [1.54, 1.807) is 6.92 Å². The van der Waals surface area contributed by atoms with Crippen LogP contribution in [-0.2, 0) is 0 Å². The number of benzene rings is 1. The molecule has 0 fully saturated rings. The minimum absolute atomic E-state index is 0.311. The summed E-state index contributed by atoms with van der Waals surface area (Å²) in [5.74, 6) is 0. The van der Waals surface area contributed by atoms with E-state index in [4.69, 9.17) is 5.73 Å². The number of aromatic nitrogens is 1. The van der Waals surface area contributed by atoms with E-state index < -0.39 is 6.10 Å². The molecule has 3 heteroatoms. The number of fused-ring (bicyclic) bond motifs is 1. The van der Waals surface area contributed by atoms with Gasteiger partial charge in [0.2, 0.25) is 0 Å². The van der Waals surface area contributed by atoms with Crippen molar-refractivity contribution in [2.24, 2.45) is 5.73 Å². The molecule has 2 aromatic rings. The molecule has 0 aliphatic heterocycles. The molecule has 3 nitrogen and oxygen atoms in total. The second kappa shape index (κ2) is 3.44. The molecule has 0 saturated carbocycles. The number of nitrogens with two attached hydrogens (primary N) is 1. The Labute approximate surface area is 82.6 Å². The van der Waals surface area contributed by atoms with Crippen molar-refractivity contribution in [1.29, 1.82) is 0 Å². The van der Waals surface area contributed by atoms with E-state index in [1.165, 1.54) is 0 Å². The summed E-state index contributed by atoms with van der Waals surface area (Å²) in [5.41, 5.74) is 7.89. The van der Waals surface area contributed by atoms with Gasteiger partial charge in [0.15, 0.2) is 0 Å². The summed E-state index contributed by atoms with van der Waals surface area (Å²) < 4.78 is 0. The van der Waals surface area contributed by atoms with Gasteiger partial charge in [-0.25, -0.2) is 0 Å². The number of aliphatic hydroxyl groups excluding tert-OH is 1. The molecule has 0 aliphatic rings. The molecule has 0 radical (unpaired) electrons. The minimum atomic E-state index is -0.522. The van der Waals surface area contributed by atoms with Gasteiger partial charge in [-0.1, -0.05) is 6.07 Å². The predicted molar refractivity (Wildman–Crippen MR) is 56.9 cm³/mol. The van der Waals surface area contributed by atoms with Gasteiger partial charge in [0.25, 0.3) is 0 Å². The van der Waals surface area contributed by atoms with Gasteiger partial charge in [-0.3, -0.25) is 0 Å². The largest absolute Gasteiger partial charge is 0.391 e. The van der Waals surface area contributed by atoms with Crippen molar-refractivity contribution >= 4 is 10.9 Å².